The smallest absolute Gasteiger partial charge is 0.213 e. The molecule has 5 heteroatoms. The van der Waals surface area contributed by atoms with Gasteiger partial charge in [0.2, 0.25) is 5.89 Å². The molecule has 0 atom stereocenters. The predicted octanol–water partition coefficient (Wildman–Crippen LogP) is 2.73. The summed E-state index contributed by atoms with van der Waals surface area (Å²) in [4.78, 5) is 4.16. The Bertz CT molecular complexity index is 599. The number of anilines is 1. The lowest BCUT2D eigenvalue weighted by atomic mass is 10.2. The molecule has 0 aliphatic carbocycles. The molecule has 0 aliphatic rings. The molecule has 0 aliphatic heterocycles. The highest BCUT2D eigenvalue weighted by molar-refractivity contribution is 5.60. The number of ether oxygens (including phenoxy) is 1. The largest absolute Gasteiger partial charge is 0.497 e. The average molecular weight is 257 g/mol. The van der Waals surface area contributed by atoms with Gasteiger partial charge in [0, 0.05) is 12.5 Å². The van der Waals surface area contributed by atoms with Gasteiger partial charge >= 0.3 is 0 Å². The van der Waals surface area contributed by atoms with Gasteiger partial charge in [-0.3, -0.25) is 0 Å². The molecular formula is C14H15N3O2. The highest BCUT2D eigenvalue weighted by Gasteiger charge is 2.06. The van der Waals surface area contributed by atoms with E-state index in [2.05, 4.69) is 16.4 Å². The van der Waals surface area contributed by atoms with Crippen LogP contribution in [0.25, 0.3) is 0 Å². The predicted molar refractivity (Wildman–Crippen MR) is 70.9 cm³/mol. The van der Waals surface area contributed by atoms with Crippen LogP contribution in [0.4, 0.5) is 5.69 Å². The second-order valence-corrected chi connectivity index (χ2v) is 3.95. The zero-order chi connectivity index (χ0) is 13.7. The topological polar surface area (TPSA) is 71.1 Å². The van der Waals surface area contributed by atoms with E-state index in [9.17, 15) is 0 Å². The summed E-state index contributed by atoms with van der Waals surface area (Å²) in [5.74, 6) is 2.15. The number of nitrogens with one attached hydrogen (secondary N) is 1. The fourth-order valence-electron chi connectivity index (χ4n) is 1.66. The van der Waals surface area contributed by atoms with E-state index in [4.69, 9.17) is 14.4 Å². The van der Waals surface area contributed by atoms with Gasteiger partial charge in [0.15, 0.2) is 0 Å². The Balaban J connectivity index is 2.12. The number of hydrogen-bond acceptors (Lipinski definition) is 5. The maximum atomic E-state index is 9.05. The van der Waals surface area contributed by atoms with Crippen molar-refractivity contribution in [3.8, 4) is 11.8 Å². The molecule has 0 amide bonds. The molecule has 5 nitrogen and oxygen atoms in total. The van der Waals surface area contributed by atoms with Crippen LogP contribution >= 0.6 is 0 Å². The second kappa shape index (κ2) is 5.91. The third kappa shape index (κ3) is 3.05. The van der Waals surface area contributed by atoms with Crippen molar-refractivity contribution in [1.29, 1.82) is 5.26 Å². The second-order valence-electron chi connectivity index (χ2n) is 3.95. The van der Waals surface area contributed by atoms with Crippen LogP contribution in [0.1, 0.15) is 24.1 Å². The molecule has 98 valence electrons. The van der Waals surface area contributed by atoms with Gasteiger partial charge in [0.25, 0.3) is 0 Å². The van der Waals surface area contributed by atoms with Gasteiger partial charge in [0.1, 0.15) is 17.6 Å². The monoisotopic (exact) mass is 257 g/mol. The Kier molecular flexibility index (Phi) is 4.04. The molecule has 2 aromatic rings. The molecule has 0 saturated carbocycles. The van der Waals surface area contributed by atoms with Crippen molar-refractivity contribution in [2.24, 2.45) is 0 Å². The number of rotatable bonds is 5. The van der Waals surface area contributed by atoms with Crippen LogP contribution in [0.3, 0.4) is 0 Å². The van der Waals surface area contributed by atoms with Gasteiger partial charge < -0.3 is 14.5 Å². The average Bonchev–Trinajstić information content (AvgIpc) is 2.92. The standard InChI is InChI=1S/C14H15N3O2/c1-3-11-8-17-14(19-11)9-16-13-6-12(18-2)5-4-10(13)7-15/h4-6,8,16H,3,9H2,1-2H3. The van der Waals surface area contributed by atoms with Crippen molar-refractivity contribution in [3.63, 3.8) is 0 Å². The van der Waals surface area contributed by atoms with Crippen LogP contribution in [0.5, 0.6) is 5.75 Å². The molecule has 19 heavy (non-hydrogen) atoms. The number of nitrogens with zero attached hydrogens (tertiary/aromatic N) is 2. The maximum Gasteiger partial charge on any atom is 0.213 e. The van der Waals surface area contributed by atoms with Crippen molar-refractivity contribution < 1.29 is 9.15 Å². The lowest BCUT2D eigenvalue weighted by Gasteiger charge is -2.08. The summed E-state index contributed by atoms with van der Waals surface area (Å²) in [6, 6.07) is 7.38. The minimum atomic E-state index is 0.432. The van der Waals surface area contributed by atoms with Crippen LogP contribution in [-0.4, -0.2) is 12.1 Å². The van der Waals surface area contributed by atoms with Crippen molar-refractivity contribution in [3.05, 3.63) is 41.6 Å². The normalized spacial score (nSPS) is 9.95. The molecule has 0 bridgehead atoms. The summed E-state index contributed by atoms with van der Waals surface area (Å²) in [5, 5.41) is 12.2. The minimum Gasteiger partial charge on any atom is -0.497 e. The molecule has 0 spiro atoms. The van der Waals surface area contributed by atoms with Crippen molar-refractivity contribution in [2.75, 3.05) is 12.4 Å². The first kappa shape index (κ1) is 13.0. The number of benzene rings is 1. The molecule has 0 radical (unpaired) electrons. The maximum absolute atomic E-state index is 9.05. The number of oxazole rings is 1. The van der Waals surface area contributed by atoms with Gasteiger partial charge in [-0.2, -0.15) is 5.26 Å². The zero-order valence-corrected chi connectivity index (χ0v) is 10.9. The van der Waals surface area contributed by atoms with Crippen LogP contribution in [0.15, 0.2) is 28.8 Å². The molecule has 2 rings (SSSR count). The van der Waals surface area contributed by atoms with E-state index in [0.29, 0.717) is 29.4 Å². The fourth-order valence-corrected chi connectivity index (χ4v) is 1.66. The highest BCUT2D eigenvalue weighted by atomic mass is 16.5. The van der Waals surface area contributed by atoms with Crippen LogP contribution < -0.4 is 10.1 Å². The fraction of sp³-hybridized carbons (Fsp3) is 0.286. The molecule has 0 fully saturated rings. The lowest BCUT2D eigenvalue weighted by Crippen LogP contribution is -2.02. The van der Waals surface area contributed by atoms with Crippen LogP contribution in [0.2, 0.25) is 0 Å². The molecular weight excluding hydrogens is 242 g/mol. The van der Waals surface area contributed by atoms with Crippen LogP contribution in [0, 0.1) is 11.3 Å². The van der Waals surface area contributed by atoms with Gasteiger partial charge in [-0.1, -0.05) is 6.92 Å². The first-order chi connectivity index (χ1) is 9.26. The van der Waals surface area contributed by atoms with E-state index in [-0.39, 0.29) is 0 Å². The number of aromatic nitrogens is 1. The summed E-state index contributed by atoms with van der Waals surface area (Å²) in [6.07, 6.45) is 2.53. The third-order valence-electron chi connectivity index (χ3n) is 2.73. The third-order valence-corrected chi connectivity index (χ3v) is 2.73. The summed E-state index contributed by atoms with van der Waals surface area (Å²) >= 11 is 0. The van der Waals surface area contributed by atoms with Crippen molar-refractivity contribution in [2.45, 2.75) is 19.9 Å². The Hall–Kier alpha value is -2.48. The molecule has 0 saturated heterocycles. The van der Waals surface area contributed by atoms with Crippen molar-refractivity contribution >= 4 is 5.69 Å². The van der Waals surface area contributed by atoms with Gasteiger partial charge in [-0.25, -0.2) is 4.98 Å². The van der Waals surface area contributed by atoms with E-state index in [1.165, 1.54) is 0 Å². The molecule has 1 aromatic carbocycles. The van der Waals surface area contributed by atoms with Gasteiger partial charge in [0.05, 0.1) is 31.1 Å². The molecule has 1 heterocycles. The quantitative estimate of drug-likeness (QED) is 0.891. The minimum absolute atomic E-state index is 0.432. The van der Waals surface area contributed by atoms with E-state index in [1.807, 2.05) is 6.92 Å². The van der Waals surface area contributed by atoms with Crippen molar-refractivity contribution in [1.82, 2.24) is 4.98 Å². The number of methoxy groups -OCH3 is 1. The van der Waals surface area contributed by atoms with Gasteiger partial charge in [-0.15, -0.1) is 0 Å². The lowest BCUT2D eigenvalue weighted by molar-refractivity contribution is 0.415. The SMILES string of the molecule is CCc1cnc(CNc2cc(OC)ccc2C#N)o1. The number of aryl methyl sites for hydroxylation is 1. The van der Waals surface area contributed by atoms with Crippen LogP contribution in [-0.2, 0) is 13.0 Å². The summed E-state index contributed by atoms with van der Waals surface area (Å²) in [6.45, 7) is 2.44. The Labute approximate surface area is 111 Å². The van der Waals surface area contributed by atoms with E-state index in [1.54, 1.807) is 31.5 Å². The Morgan fingerprint density at radius 3 is 2.95 bits per heavy atom. The Morgan fingerprint density at radius 1 is 1.47 bits per heavy atom. The summed E-state index contributed by atoms with van der Waals surface area (Å²) in [7, 11) is 1.59. The summed E-state index contributed by atoms with van der Waals surface area (Å²) in [5.41, 5.74) is 1.26. The molecule has 1 aromatic heterocycles. The number of hydrogen-bond donors (Lipinski definition) is 1. The summed E-state index contributed by atoms with van der Waals surface area (Å²) < 4.78 is 10.6. The van der Waals surface area contributed by atoms with Gasteiger partial charge in [-0.05, 0) is 12.1 Å². The molecule has 1 N–H and O–H groups in total. The first-order valence-corrected chi connectivity index (χ1v) is 6.02. The van der Waals surface area contributed by atoms with E-state index >= 15 is 0 Å². The van der Waals surface area contributed by atoms with E-state index < -0.39 is 0 Å². The molecule has 0 unspecified atom stereocenters. The van der Waals surface area contributed by atoms with E-state index in [0.717, 1.165) is 12.2 Å². The first-order valence-electron chi connectivity index (χ1n) is 6.02. The Morgan fingerprint density at radius 2 is 2.32 bits per heavy atom. The number of nitriles is 1. The zero-order valence-electron chi connectivity index (χ0n) is 10.9. The highest BCUT2D eigenvalue weighted by Crippen LogP contribution is 2.22.